The molecule has 0 unspecified atom stereocenters. The van der Waals surface area contributed by atoms with Crippen LogP contribution in [-0.2, 0) is 25.8 Å². The molecule has 0 saturated heterocycles. The molecule has 0 aliphatic rings. The fourth-order valence-electron chi connectivity index (χ4n) is 0. The van der Waals surface area contributed by atoms with E-state index in [1.165, 1.54) is 0 Å². The van der Waals surface area contributed by atoms with Crippen LogP contribution in [0.4, 0.5) is 0 Å². The van der Waals surface area contributed by atoms with E-state index in [9.17, 15) is 0 Å². The Bertz CT molecular complexity index is 8.00. The average molecular weight is 305 g/mol. The zero-order valence-electron chi connectivity index (χ0n) is 0.931. The Kier molecular flexibility index (Phi) is 107. The summed E-state index contributed by atoms with van der Waals surface area (Å²) in [5.41, 5.74) is 0. The van der Waals surface area contributed by atoms with Crippen LogP contribution in [0, 0.1) is 39.9 Å². The SMILES string of the molecule is [AlH3].[GaH3].[Gd].[Sc]. The smallest absolute Gasteiger partial charge is 0 e. The van der Waals surface area contributed by atoms with E-state index in [1.54, 1.807) is 0 Å². The molecule has 0 atom stereocenters. The summed E-state index contributed by atoms with van der Waals surface area (Å²) in [7, 11) is 0. The van der Waals surface area contributed by atoms with Gasteiger partial charge in [0, 0.05) is 65.8 Å². The normalized spacial score (nSPS) is 0. The van der Waals surface area contributed by atoms with Crippen LogP contribution in [0.2, 0.25) is 0 Å². The maximum Gasteiger partial charge on any atom is 0 e. The molecule has 4 heteroatoms. The summed E-state index contributed by atoms with van der Waals surface area (Å²) in [4.78, 5) is 0. The van der Waals surface area contributed by atoms with Gasteiger partial charge >= 0.3 is 19.8 Å². The standard InChI is InChI=1S/Al.Ga.Gd.Sc.6H. The fraction of sp³-hybridized carbons (Fsp3) is 0. The molecule has 0 fully saturated rings. The van der Waals surface area contributed by atoms with Crippen molar-refractivity contribution in [1.82, 2.24) is 0 Å². The Labute approximate surface area is 101 Å². The van der Waals surface area contributed by atoms with Crippen molar-refractivity contribution in [3.63, 3.8) is 0 Å². The first-order chi connectivity index (χ1) is 0. The van der Waals surface area contributed by atoms with Crippen molar-refractivity contribution in [3.05, 3.63) is 0 Å². The van der Waals surface area contributed by atoms with Gasteiger partial charge in [0.15, 0.2) is 17.4 Å². The Balaban J connectivity index is 0. The van der Waals surface area contributed by atoms with E-state index in [4.69, 9.17) is 0 Å². The molecular formula is H6AlGaGdSc. The van der Waals surface area contributed by atoms with Gasteiger partial charge in [-0.05, 0) is 0 Å². The van der Waals surface area contributed by atoms with Crippen molar-refractivity contribution in [2.75, 3.05) is 0 Å². The maximum atomic E-state index is 0. The average Bonchev–Trinajstić information content (AvgIpc) is 0. The van der Waals surface area contributed by atoms with Gasteiger partial charge in [-0.15, -0.1) is 0 Å². The van der Waals surface area contributed by atoms with Crippen molar-refractivity contribution in [2.45, 2.75) is 0 Å². The molecule has 0 aliphatic heterocycles. The molecule has 0 saturated carbocycles. The second kappa shape index (κ2) is 16.2. The van der Waals surface area contributed by atoms with Crippen molar-refractivity contribution < 1.29 is 65.8 Å². The monoisotopic (exact) mass is 305 g/mol. The van der Waals surface area contributed by atoms with Gasteiger partial charge in [0.1, 0.15) is 0 Å². The molecule has 0 aromatic heterocycles. The first kappa shape index (κ1) is 26.4. The van der Waals surface area contributed by atoms with Gasteiger partial charge in [-0.25, -0.2) is 0 Å². The Morgan fingerprint density at radius 2 is 1.00 bits per heavy atom. The summed E-state index contributed by atoms with van der Waals surface area (Å²) in [6.45, 7) is 0. The third kappa shape index (κ3) is 9.03. The molecule has 0 aliphatic carbocycles. The largest absolute Gasteiger partial charge is 0 e. The van der Waals surface area contributed by atoms with E-state index >= 15 is 0 Å². The third-order valence-electron chi connectivity index (χ3n) is 0. The van der Waals surface area contributed by atoms with Crippen LogP contribution in [0.25, 0.3) is 0 Å². The van der Waals surface area contributed by atoms with Gasteiger partial charge < -0.3 is 0 Å². The Morgan fingerprint density at radius 1 is 1.00 bits per heavy atom. The molecule has 0 amide bonds. The molecule has 23 valence electrons. The number of hydrogen-bond acceptors (Lipinski definition) is 0. The molecule has 0 heterocycles. The van der Waals surface area contributed by atoms with Crippen LogP contribution in [0.1, 0.15) is 0 Å². The third-order valence-corrected chi connectivity index (χ3v) is 0. The van der Waals surface area contributed by atoms with Gasteiger partial charge in [0.2, 0.25) is 0 Å². The van der Waals surface area contributed by atoms with E-state index in [2.05, 4.69) is 0 Å². The summed E-state index contributed by atoms with van der Waals surface area (Å²) in [5, 5.41) is 0. The quantitative estimate of drug-likeness (QED) is 0.439. The molecule has 0 rings (SSSR count). The van der Waals surface area contributed by atoms with E-state index in [0.29, 0.717) is 0 Å². The van der Waals surface area contributed by atoms with Gasteiger partial charge in [0.05, 0.1) is 0 Å². The van der Waals surface area contributed by atoms with Crippen LogP contribution in [-0.4, -0.2) is 37.2 Å². The first-order valence-corrected chi connectivity index (χ1v) is 0. The molecule has 0 bridgehead atoms. The molecule has 0 N–H and O–H groups in total. The maximum absolute atomic E-state index is 0. The second-order valence-electron chi connectivity index (χ2n) is 0. The Hall–Kier alpha value is 3.36. The predicted octanol–water partition coefficient (Wildman–Crippen LogP) is -2.37. The summed E-state index contributed by atoms with van der Waals surface area (Å²) in [6.07, 6.45) is 0. The molecule has 0 spiro atoms. The molecule has 1 radical (unpaired) electrons. The summed E-state index contributed by atoms with van der Waals surface area (Å²) in [6, 6.07) is 0. The second-order valence-corrected chi connectivity index (χ2v) is 0. The molecule has 4 heavy (non-hydrogen) atoms. The fourth-order valence-corrected chi connectivity index (χ4v) is 0. The zero-order valence-corrected chi connectivity index (χ0v) is 5.00. The van der Waals surface area contributed by atoms with Crippen LogP contribution >= 0.6 is 0 Å². The van der Waals surface area contributed by atoms with E-state index in [-0.39, 0.29) is 103 Å². The number of hydrogen-bond donors (Lipinski definition) is 0. The predicted molar refractivity (Wildman–Crippen MR) is 19.9 cm³/mol. The van der Waals surface area contributed by atoms with Gasteiger partial charge in [-0.2, -0.15) is 0 Å². The topological polar surface area (TPSA) is 0 Å². The van der Waals surface area contributed by atoms with Crippen molar-refractivity contribution >= 4 is 37.2 Å². The van der Waals surface area contributed by atoms with Crippen molar-refractivity contribution in [2.24, 2.45) is 0 Å². The van der Waals surface area contributed by atoms with Crippen LogP contribution in [0.3, 0.4) is 0 Å². The number of rotatable bonds is 0. The van der Waals surface area contributed by atoms with Gasteiger partial charge in [-0.1, -0.05) is 0 Å². The van der Waals surface area contributed by atoms with Gasteiger partial charge in [-0.3, -0.25) is 0 Å². The summed E-state index contributed by atoms with van der Waals surface area (Å²) < 4.78 is 0. The summed E-state index contributed by atoms with van der Waals surface area (Å²) in [5.74, 6) is 0. The minimum Gasteiger partial charge on any atom is 0 e. The zero-order chi connectivity index (χ0) is 0. The molecule has 0 aromatic rings. The van der Waals surface area contributed by atoms with Crippen molar-refractivity contribution in [1.29, 1.82) is 0 Å². The van der Waals surface area contributed by atoms with Crippen LogP contribution in [0.15, 0.2) is 0 Å². The van der Waals surface area contributed by atoms with E-state index < -0.39 is 0 Å². The molecule has 0 aromatic carbocycles. The van der Waals surface area contributed by atoms with Gasteiger partial charge in [0.25, 0.3) is 0 Å². The van der Waals surface area contributed by atoms with Crippen molar-refractivity contribution in [3.8, 4) is 0 Å². The first-order valence-electron chi connectivity index (χ1n) is 0. The Morgan fingerprint density at radius 3 is 1.00 bits per heavy atom. The molecule has 0 nitrogen and oxygen atoms in total. The minimum absolute atomic E-state index is 0. The molecular weight excluding hydrogens is 299 g/mol. The minimum atomic E-state index is 0. The van der Waals surface area contributed by atoms with Crippen LogP contribution < -0.4 is 0 Å². The van der Waals surface area contributed by atoms with E-state index in [0.717, 1.165) is 0 Å². The van der Waals surface area contributed by atoms with E-state index in [1.807, 2.05) is 0 Å². The summed E-state index contributed by atoms with van der Waals surface area (Å²) >= 11 is 0. The van der Waals surface area contributed by atoms with Crippen LogP contribution in [0.5, 0.6) is 0 Å².